The van der Waals surface area contributed by atoms with Gasteiger partial charge in [-0.15, -0.1) is 0 Å². The van der Waals surface area contributed by atoms with Crippen LogP contribution in [0.2, 0.25) is 10.0 Å². The zero-order valence-corrected chi connectivity index (χ0v) is 12.9. The molecule has 0 saturated carbocycles. The number of hydrogen-bond acceptors (Lipinski definition) is 2. The van der Waals surface area contributed by atoms with Crippen molar-refractivity contribution in [1.29, 1.82) is 0 Å². The molecule has 0 spiro atoms. The molecule has 0 fully saturated rings. The van der Waals surface area contributed by atoms with Gasteiger partial charge < -0.3 is 9.52 Å². The Labute approximate surface area is 132 Å². The molecule has 1 atom stereocenters. The number of hydrogen-bond donors (Lipinski definition) is 1. The fourth-order valence-electron chi connectivity index (χ4n) is 2.37. The summed E-state index contributed by atoms with van der Waals surface area (Å²) in [5, 5.41) is 12.9. The van der Waals surface area contributed by atoms with Crippen LogP contribution in [0.15, 0.2) is 52.9 Å². The van der Waals surface area contributed by atoms with Crippen molar-refractivity contribution in [3.63, 3.8) is 0 Å². The Kier molecular flexibility index (Phi) is 3.70. The maximum Gasteiger partial charge on any atom is 0.136 e. The molecular formula is C17H14Cl2O2. The van der Waals surface area contributed by atoms with Crippen LogP contribution in [0.4, 0.5) is 0 Å². The van der Waals surface area contributed by atoms with Crippen molar-refractivity contribution in [3.8, 4) is 0 Å². The monoisotopic (exact) mass is 320 g/mol. The van der Waals surface area contributed by atoms with E-state index in [4.69, 9.17) is 27.6 Å². The van der Waals surface area contributed by atoms with Gasteiger partial charge in [0.15, 0.2) is 0 Å². The molecule has 108 valence electrons. The fourth-order valence-corrected chi connectivity index (χ4v) is 2.67. The van der Waals surface area contributed by atoms with Crippen LogP contribution in [0.25, 0.3) is 11.0 Å². The van der Waals surface area contributed by atoms with Gasteiger partial charge in [-0.25, -0.2) is 0 Å². The Balaban J connectivity index is 1.93. The second-order valence-corrected chi connectivity index (χ2v) is 6.24. The minimum Gasteiger partial charge on any atom is -0.458 e. The predicted molar refractivity (Wildman–Crippen MR) is 86.0 cm³/mol. The van der Waals surface area contributed by atoms with Gasteiger partial charge in [0.1, 0.15) is 16.9 Å². The number of benzene rings is 2. The molecular weight excluding hydrogens is 307 g/mol. The molecule has 21 heavy (non-hydrogen) atoms. The molecule has 3 rings (SSSR count). The molecule has 2 nitrogen and oxygen atoms in total. The van der Waals surface area contributed by atoms with Crippen molar-refractivity contribution >= 4 is 34.2 Å². The summed E-state index contributed by atoms with van der Waals surface area (Å²) in [7, 11) is 0. The van der Waals surface area contributed by atoms with Crippen molar-refractivity contribution in [2.75, 3.05) is 0 Å². The minimum absolute atomic E-state index is 0.442. The molecule has 0 aliphatic heterocycles. The van der Waals surface area contributed by atoms with Crippen LogP contribution in [0, 0.1) is 0 Å². The highest BCUT2D eigenvalue weighted by Gasteiger charge is 2.27. The Morgan fingerprint density at radius 1 is 1.00 bits per heavy atom. The van der Waals surface area contributed by atoms with Crippen molar-refractivity contribution in [1.82, 2.24) is 0 Å². The van der Waals surface area contributed by atoms with Crippen molar-refractivity contribution < 1.29 is 9.52 Å². The lowest BCUT2D eigenvalue weighted by Gasteiger charge is -2.20. The Hall–Kier alpha value is -1.48. The molecule has 0 amide bonds. The molecule has 2 aromatic carbocycles. The normalized spacial score (nSPS) is 14.3. The lowest BCUT2D eigenvalue weighted by Crippen LogP contribution is -2.23. The van der Waals surface area contributed by atoms with Crippen molar-refractivity contribution in [2.45, 2.75) is 18.9 Å². The summed E-state index contributed by atoms with van der Waals surface area (Å²) in [4.78, 5) is 0. The molecule has 1 heterocycles. The number of halogens is 2. The van der Waals surface area contributed by atoms with E-state index in [0.717, 1.165) is 10.9 Å². The topological polar surface area (TPSA) is 33.4 Å². The largest absolute Gasteiger partial charge is 0.458 e. The second kappa shape index (κ2) is 5.38. The van der Waals surface area contributed by atoms with E-state index < -0.39 is 5.60 Å². The zero-order chi connectivity index (χ0) is 15.0. The number of fused-ring (bicyclic) bond motifs is 1. The van der Waals surface area contributed by atoms with Crippen LogP contribution in [0.1, 0.15) is 18.2 Å². The average Bonchev–Trinajstić information content (AvgIpc) is 2.85. The zero-order valence-electron chi connectivity index (χ0n) is 11.4. The van der Waals surface area contributed by atoms with Gasteiger partial charge in [0.05, 0.1) is 0 Å². The summed E-state index contributed by atoms with van der Waals surface area (Å²) in [5.74, 6) is 0.523. The van der Waals surface area contributed by atoms with E-state index in [1.165, 1.54) is 0 Å². The summed E-state index contributed by atoms with van der Waals surface area (Å²) in [6.07, 6.45) is 0.442. The lowest BCUT2D eigenvalue weighted by molar-refractivity contribution is 0.0360. The Morgan fingerprint density at radius 3 is 2.38 bits per heavy atom. The van der Waals surface area contributed by atoms with Crippen LogP contribution in [0.3, 0.4) is 0 Å². The van der Waals surface area contributed by atoms with E-state index in [1.54, 1.807) is 19.1 Å². The van der Waals surface area contributed by atoms with Crippen LogP contribution < -0.4 is 0 Å². The van der Waals surface area contributed by atoms with E-state index >= 15 is 0 Å². The van der Waals surface area contributed by atoms with Gasteiger partial charge in [0, 0.05) is 21.9 Å². The fraction of sp³-hybridized carbons (Fsp3) is 0.176. The molecule has 0 aliphatic carbocycles. The SMILES string of the molecule is CC(O)(Cc1ccc(Cl)cc1)c1cc2cc(Cl)ccc2o1. The molecule has 0 saturated heterocycles. The summed E-state index contributed by atoms with van der Waals surface area (Å²) in [6.45, 7) is 1.74. The summed E-state index contributed by atoms with van der Waals surface area (Å²) >= 11 is 11.8. The van der Waals surface area contributed by atoms with Crippen LogP contribution in [0.5, 0.6) is 0 Å². The van der Waals surface area contributed by atoms with Crippen molar-refractivity contribution in [3.05, 3.63) is 69.9 Å². The van der Waals surface area contributed by atoms with E-state index in [0.29, 0.717) is 27.8 Å². The molecule has 0 aliphatic rings. The third-order valence-electron chi connectivity index (χ3n) is 3.47. The highest BCUT2D eigenvalue weighted by molar-refractivity contribution is 6.31. The molecule has 3 aromatic rings. The van der Waals surface area contributed by atoms with Crippen LogP contribution >= 0.6 is 23.2 Å². The van der Waals surface area contributed by atoms with Gasteiger partial charge in [-0.2, -0.15) is 0 Å². The lowest BCUT2D eigenvalue weighted by atomic mass is 9.94. The summed E-state index contributed by atoms with van der Waals surface area (Å²) in [6, 6.07) is 14.6. The first-order valence-corrected chi connectivity index (χ1v) is 7.36. The molecule has 0 bridgehead atoms. The van der Waals surface area contributed by atoms with E-state index in [-0.39, 0.29) is 0 Å². The van der Waals surface area contributed by atoms with E-state index in [1.807, 2.05) is 36.4 Å². The van der Waals surface area contributed by atoms with Gasteiger partial charge in [0.25, 0.3) is 0 Å². The number of aliphatic hydroxyl groups is 1. The van der Waals surface area contributed by atoms with E-state index in [9.17, 15) is 5.11 Å². The summed E-state index contributed by atoms with van der Waals surface area (Å²) < 4.78 is 5.75. The van der Waals surface area contributed by atoms with Crippen LogP contribution in [-0.2, 0) is 12.0 Å². The maximum atomic E-state index is 10.7. The molecule has 1 aromatic heterocycles. The Bertz CT molecular complexity index is 773. The smallest absolute Gasteiger partial charge is 0.136 e. The number of furan rings is 1. The predicted octanol–water partition coefficient (Wildman–Crippen LogP) is 5.19. The van der Waals surface area contributed by atoms with Gasteiger partial charge >= 0.3 is 0 Å². The maximum absolute atomic E-state index is 10.7. The van der Waals surface area contributed by atoms with E-state index in [2.05, 4.69) is 0 Å². The Morgan fingerprint density at radius 2 is 1.67 bits per heavy atom. The van der Waals surface area contributed by atoms with Gasteiger partial charge in [-0.3, -0.25) is 0 Å². The minimum atomic E-state index is -1.10. The first kappa shape index (κ1) is 14.5. The third kappa shape index (κ3) is 3.08. The molecule has 0 radical (unpaired) electrons. The highest BCUT2D eigenvalue weighted by atomic mass is 35.5. The van der Waals surface area contributed by atoms with Gasteiger partial charge in [-0.05, 0) is 48.9 Å². The first-order valence-electron chi connectivity index (χ1n) is 6.60. The molecule has 1 unspecified atom stereocenters. The van der Waals surface area contributed by atoms with Gasteiger partial charge in [0.2, 0.25) is 0 Å². The third-order valence-corrected chi connectivity index (χ3v) is 3.96. The van der Waals surface area contributed by atoms with Gasteiger partial charge in [-0.1, -0.05) is 35.3 Å². The standard InChI is InChI=1S/C17H14Cl2O2/c1-17(20,10-11-2-4-13(18)5-3-11)16-9-12-8-14(19)6-7-15(12)21-16/h2-9,20H,10H2,1H3. The molecule has 4 heteroatoms. The van der Waals surface area contributed by atoms with Crippen LogP contribution in [-0.4, -0.2) is 5.11 Å². The summed E-state index contributed by atoms with van der Waals surface area (Å²) in [5.41, 5.74) is 0.605. The number of rotatable bonds is 3. The highest BCUT2D eigenvalue weighted by Crippen LogP contribution is 2.32. The van der Waals surface area contributed by atoms with Crippen molar-refractivity contribution in [2.24, 2.45) is 0 Å². The molecule has 1 N–H and O–H groups in total. The second-order valence-electron chi connectivity index (χ2n) is 5.37. The average molecular weight is 321 g/mol. The quantitative estimate of drug-likeness (QED) is 0.720. The first-order chi connectivity index (χ1) is 9.94.